The average molecular weight is 350 g/mol. The number of aromatic nitrogens is 1. The van der Waals surface area contributed by atoms with Crippen LogP contribution in [0.1, 0.15) is 45.6 Å². The molecule has 0 radical (unpaired) electrons. The van der Waals surface area contributed by atoms with Crippen molar-refractivity contribution in [3.05, 3.63) is 17.8 Å². The number of anilines is 1. The van der Waals surface area contributed by atoms with Gasteiger partial charge in [0.25, 0.3) is 5.91 Å². The van der Waals surface area contributed by atoms with Gasteiger partial charge in [0.15, 0.2) is 0 Å². The highest BCUT2D eigenvalue weighted by Gasteiger charge is 2.48. The van der Waals surface area contributed by atoms with Gasteiger partial charge >= 0.3 is 0 Å². The summed E-state index contributed by atoms with van der Waals surface area (Å²) in [6.45, 7) is 10.0. The molecule has 1 aliphatic rings. The van der Waals surface area contributed by atoms with Crippen LogP contribution in [0.5, 0.6) is 5.88 Å². The maximum Gasteiger partial charge on any atom is 0.256 e. The minimum atomic E-state index is -0.767. The first-order valence-corrected chi connectivity index (χ1v) is 9.13. The molecule has 1 N–H and O–H groups in total. The predicted molar refractivity (Wildman–Crippen MR) is 97.0 cm³/mol. The molecular formula is C19H30N2O4. The van der Waals surface area contributed by atoms with Crippen LogP contribution in [0.15, 0.2) is 12.3 Å². The first kappa shape index (κ1) is 19.7. The molecule has 0 aromatic carbocycles. The molecule has 2 rings (SSSR count). The molecule has 1 atom stereocenters. The third-order valence-electron chi connectivity index (χ3n) is 4.37. The second-order valence-corrected chi connectivity index (χ2v) is 6.58. The molecule has 0 aliphatic heterocycles. The largest absolute Gasteiger partial charge is 0.475 e. The molecule has 1 fully saturated rings. The Morgan fingerprint density at radius 1 is 1.32 bits per heavy atom. The lowest BCUT2D eigenvalue weighted by Crippen LogP contribution is -2.45. The van der Waals surface area contributed by atoms with Crippen molar-refractivity contribution in [2.75, 3.05) is 31.7 Å². The van der Waals surface area contributed by atoms with Gasteiger partial charge in [0.1, 0.15) is 12.2 Å². The van der Waals surface area contributed by atoms with Gasteiger partial charge in [0, 0.05) is 18.8 Å². The summed E-state index contributed by atoms with van der Waals surface area (Å²) in [5.74, 6) is 0.758. The Bertz CT molecular complexity index is 575. The Morgan fingerprint density at radius 2 is 2.08 bits per heavy atom. The predicted octanol–water partition coefficient (Wildman–Crippen LogP) is 3.34. The lowest BCUT2D eigenvalue weighted by Gasteiger charge is -2.28. The van der Waals surface area contributed by atoms with E-state index in [2.05, 4.69) is 10.3 Å². The number of pyridine rings is 1. The molecule has 1 aliphatic carbocycles. The lowest BCUT2D eigenvalue weighted by atomic mass is 9.98. The minimum absolute atomic E-state index is 0.102. The molecule has 6 heteroatoms. The maximum atomic E-state index is 12.8. The third kappa shape index (κ3) is 5.41. The van der Waals surface area contributed by atoms with Crippen LogP contribution >= 0.6 is 0 Å². The van der Waals surface area contributed by atoms with Crippen LogP contribution in [-0.4, -0.2) is 42.9 Å². The van der Waals surface area contributed by atoms with Gasteiger partial charge in [-0.3, -0.25) is 4.79 Å². The Morgan fingerprint density at radius 3 is 2.68 bits per heavy atom. The van der Waals surface area contributed by atoms with Gasteiger partial charge in [-0.2, -0.15) is 0 Å². The molecule has 0 spiro atoms. The molecular weight excluding hydrogens is 320 g/mol. The number of nitrogens with one attached hydrogen (secondary N) is 1. The number of nitrogens with zero attached hydrogens (tertiary/aromatic N) is 1. The van der Waals surface area contributed by atoms with Crippen LogP contribution in [0.4, 0.5) is 5.69 Å². The first-order valence-electron chi connectivity index (χ1n) is 9.13. The number of hydrogen-bond acceptors (Lipinski definition) is 5. The normalized spacial score (nSPS) is 16.3. The molecule has 6 nitrogen and oxygen atoms in total. The van der Waals surface area contributed by atoms with Crippen LogP contribution in [0, 0.1) is 12.8 Å². The Labute approximate surface area is 150 Å². The van der Waals surface area contributed by atoms with Gasteiger partial charge in [-0.05, 0) is 52.0 Å². The zero-order valence-electron chi connectivity index (χ0n) is 15.8. The topological polar surface area (TPSA) is 69.7 Å². The summed E-state index contributed by atoms with van der Waals surface area (Å²) in [5.41, 5.74) is 0.764. The van der Waals surface area contributed by atoms with Crippen molar-refractivity contribution in [3.63, 3.8) is 0 Å². The molecule has 0 bridgehead atoms. The third-order valence-corrected chi connectivity index (χ3v) is 4.37. The van der Waals surface area contributed by atoms with Crippen LogP contribution in [0.3, 0.4) is 0 Å². The average Bonchev–Trinajstić information content (AvgIpc) is 3.43. The van der Waals surface area contributed by atoms with Crippen LogP contribution in [0.25, 0.3) is 0 Å². The van der Waals surface area contributed by atoms with Gasteiger partial charge < -0.3 is 19.5 Å². The summed E-state index contributed by atoms with van der Waals surface area (Å²) in [6, 6.07) is 1.87. The number of amides is 1. The van der Waals surface area contributed by atoms with Crippen LogP contribution in [-0.2, 0) is 14.3 Å². The second kappa shape index (κ2) is 9.15. The van der Waals surface area contributed by atoms with Crippen LogP contribution < -0.4 is 10.1 Å². The number of ether oxygens (including phenoxy) is 3. The lowest BCUT2D eigenvalue weighted by molar-refractivity contribution is -0.142. The van der Waals surface area contributed by atoms with E-state index in [9.17, 15) is 4.79 Å². The van der Waals surface area contributed by atoms with E-state index in [1.165, 1.54) is 0 Å². The Kier molecular flexibility index (Phi) is 7.20. The summed E-state index contributed by atoms with van der Waals surface area (Å²) in [5, 5.41) is 2.95. The molecule has 140 valence electrons. The summed E-state index contributed by atoms with van der Waals surface area (Å²) in [6.07, 6.45) is 4.59. The molecule has 1 saturated carbocycles. The van der Waals surface area contributed by atoms with Gasteiger partial charge in [-0.25, -0.2) is 4.98 Å². The van der Waals surface area contributed by atoms with Gasteiger partial charge in [-0.1, -0.05) is 6.92 Å². The standard InChI is InChI=1S/C19H30N2O4/c1-5-9-25-19(4,15-7-8-15)18(22)21-16-12-14(3)17(20-13-16)24-11-10-23-6-2/h12-13,15H,5-11H2,1-4H3,(H,21,22)/t19-/m0/s1. The van der Waals surface area contributed by atoms with Gasteiger partial charge in [-0.15, -0.1) is 0 Å². The van der Waals surface area contributed by atoms with Crippen LogP contribution in [0.2, 0.25) is 0 Å². The van der Waals surface area contributed by atoms with E-state index in [4.69, 9.17) is 14.2 Å². The fourth-order valence-corrected chi connectivity index (χ4v) is 2.70. The van der Waals surface area contributed by atoms with Crippen molar-refractivity contribution < 1.29 is 19.0 Å². The van der Waals surface area contributed by atoms with Crippen molar-refractivity contribution >= 4 is 11.6 Å². The maximum absolute atomic E-state index is 12.8. The Hall–Kier alpha value is -1.66. The van der Waals surface area contributed by atoms with E-state index in [-0.39, 0.29) is 5.91 Å². The van der Waals surface area contributed by atoms with E-state index in [0.717, 1.165) is 24.8 Å². The molecule has 1 aromatic heterocycles. The summed E-state index contributed by atoms with van der Waals surface area (Å²) in [4.78, 5) is 17.1. The highest BCUT2D eigenvalue weighted by molar-refractivity contribution is 5.97. The summed E-state index contributed by atoms with van der Waals surface area (Å²) in [7, 11) is 0. The van der Waals surface area contributed by atoms with E-state index in [0.29, 0.717) is 43.9 Å². The zero-order valence-corrected chi connectivity index (χ0v) is 15.8. The van der Waals surface area contributed by atoms with Gasteiger partial charge in [0.2, 0.25) is 5.88 Å². The van der Waals surface area contributed by atoms with E-state index < -0.39 is 5.60 Å². The number of carbonyl (C=O) groups is 1. The number of hydrogen-bond donors (Lipinski definition) is 1. The van der Waals surface area contributed by atoms with Crippen molar-refractivity contribution in [3.8, 4) is 5.88 Å². The number of carbonyl (C=O) groups excluding carboxylic acids is 1. The SMILES string of the molecule is CCCO[C@](C)(C(=O)Nc1cnc(OCCOCC)c(C)c1)C1CC1. The van der Waals surface area contributed by atoms with Gasteiger partial charge in [0.05, 0.1) is 18.5 Å². The first-order chi connectivity index (χ1) is 12.0. The van der Waals surface area contributed by atoms with Crippen molar-refractivity contribution in [1.82, 2.24) is 4.98 Å². The Balaban J connectivity index is 1.96. The smallest absolute Gasteiger partial charge is 0.256 e. The van der Waals surface area contributed by atoms with Crippen molar-refractivity contribution in [2.24, 2.45) is 5.92 Å². The molecule has 0 saturated heterocycles. The van der Waals surface area contributed by atoms with E-state index in [1.807, 2.05) is 33.8 Å². The minimum Gasteiger partial charge on any atom is -0.475 e. The van der Waals surface area contributed by atoms with E-state index >= 15 is 0 Å². The fourth-order valence-electron chi connectivity index (χ4n) is 2.70. The second-order valence-electron chi connectivity index (χ2n) is 6.58. The highest BCUT2D eigenvalue weighted by atomic mass is 16.5. The molecule has 1 heterocycles. The monoisotopic (exact) mass is 350 g/mol. The zero-order chi connectivity index (χ0) is 18.3. The molecule has 25 heavy (non-hydrogen) atoms. The van der Waals surface area contributed by atoms with E-state index in [1.54, 1.807) is 6.20 Å². The molecule has 1 amide bonds. The highest BCUT2D eigenvalue weighted by Crippen LogP contribution is 2.42. The molecule has 0 unspecified atom stereocenters. The number of aryl methyl sites for hydroxylation is 1. The summed E-state index contributed by atoms with van der Waals surface area (Å²) >= 11 is 0. The van der Waals surface area contributed by atoms with Crippen molar-refractivity contribution in [1.29, 1.82) is 0 Å². The fraction of sp³-hybridized carbons (Fsp3) is 0.684. The molecule has 1 aromatic rings. The number of rotatable bonds is 11. The summed E-state index contributed by atoms with van der Waals surface area (Å²) < 4.78 is 16.7. The quantitative estimate of drug-likeness (QED) is 0.620. The van der Waals surface area contributed by atoms with Crippen molar-refractivity contribution in [2.45, 2.75) is 52.6 Å².